The van der Waals surface area contributed by atoms with E-state index in [9.17, 15) is 51.4 Å². The van der Waals surface area contributed by atoms with Gasteiger partial charge in [0.2, 0.25) is 0 Å². The molecule has 568 valence electrons. The van der Waals surface area contributed by atoms with Crippen molar-refractivity contribution < 1.29 is 143 Å². The number of esters is 6. The van der Waals surface area contributed by atoms with Gasteiger partial charge in [-0.05, 0) is 164 Å². The number of alkyl halides is 5. The number of halogens is 8. The number of phenolic OH excluding ortho intramolecular Hbond substituents is 1. The monoisotopic (exact) mass is 1880 g/mol. The largest absolute Gasteiger partial charge is 1.00 e. The summed E-state index contributed by atoms with van der Waals surface area (Å²) in [5.74, 6) is 1.75. The van der Waals surface area contributed by atoms with Crippen molar-refractivity contribution in [3.63, 3.8) is 0 Å². The summed E-state index contributed by atoms with van der Waals surface area (Å²) in [5.41, 5.74) is 41.1. The summed E-state index contributed by atoms with van der Waals surface area (Å²) in [5, 5.41) is 14.1. The van der Waals surface area contributed by atoms with E-state index in [0.717, 1.165) is 7.14 Å². The Morgan fingerprint density at radius 1 is 0.509 bits per heavy atom. The first-order chi connectivity index (χ1) is 48.8. The second-order valence-corrected chi connectivity index (χ2v) is 35.6. The molecule has 0 aromatic heterocycles. The number of phenols is 1. The predicted molar refractivity (Wildman–Crippen MR) is 420 cm³/mol. The molecule has 1 aliphatic rings. The summed E-state index contributed by atoms with van der Waals surface area (Å²) in [6.45, 7) is 9.94. The second kappa shape index (κ2) is 47.9. The number of rotatable bonds is 13. The minimum absolute atomic E-state index is 0. The zero-order valence-electron chi connectivity index (χ0n) is 60.6. The minimum Gasteiger partial charge on any atom is -0.543 e. The quantitative estimate of drug-likeness (QED) is 0.00723. The molecule has 0 saturated heterocycles. The van der Waals surface area contributed by atoms with Crippen molar-refractivity contribution in [1.82, 2.24) is 0 Å². The minimum atomic E-state index is -4.22. The van der Waals surface area contributed by atoms with E-state index < -0.39 is 69.9 Å². The van der Waals surface area contributed by atoms with Gasteiger partial charge < -0.3 is 95.8 Å². The number of carbonyl (C=O) groups excluding carboxylic acids is 7. The molecule has 25 nitrogen and oxygen atoms in total. The Kier molecular flexibility index (Phi) is 45.0. The molecule has 106 heavy (non-hydrogen) atoms. The number of nitrogens with two attached hydrogens (primary N) is 5. The van der Waals surface area contributed by atoms with Crippen LogP contribution in [0.1, 0.15) is 84.4 Å². The van der Waals surface area contributed by atoms with E-state index in [4.69, 9.17) is 75.1 Å². The van der Waals surface area contributed by atoms with Gasteiger partial charge in [-0.3, -0.25) is 0 Å². The van der Waals surface area contributed by atoms with Gasteiger partial charge in [-0.25, -0.2) is 28.8 Å². The third-order valence-electron chi connectivity index (χ3n) is 12.5. The number of hydrogen-bond acceptors (Lipinski definition) is 25. The number of aromatic hydroxyl groups is 1. The number of benzene rings is 6. The number of carboxylic acids is 1. The summed E-state index contributed by atoms with van der Waals surface area (Å²) in [6, 6.07) is 18.3. The summed E-state index contributed by atoms with van der Waals surface area (Å²) < 4.78 is 101. The fourth-order valence-corrected chi connectivity index (χ4v) is 9.47. The number of terminal acetylenes is 2. The standard InChI is InChI=1S/C14H19NO3Si.C12H10F2O3.C11H11NO3.2C9H10INO3.C8H8INO3.C5H10Si.C2HClF2O2.Na/c1-17-12-9-11(14(16)18-2)8-10(13(12)15)6-7-19(3,4)5;1-16-11(15)8-5-7-3-2-4-9(7)10(6-8)17-12(13)14;1-4-7-5-8(11(13)15-3)6-9(14-2)10(7)12;2*1-13-7-4-5(9(12)14-2)3-6(10)8(7)11;1-13-8(12)4-2-5(9)7(10)6(11)3-4;1-5-6(2,3)4;3-2(4,5)1(6)7;/h8-9H,15H2,1-5H3;2-3,5-6,12H,4H2,1H3;1,5-6H,12H2,2-3H3;2*3-4H,11H2,1-2H3;2-3,11H,10H2,1H3;1H,2-4H3;(H,6,7);/q;;;;;;;;+1/p-1. The Morgan fingerprint density at radius 2 is 0.802 bits per heavy atom. The van der Waals surface area contributed by atoms with Gasteiger partial charge in [0, 0.05) is 16.3 Å². The SMILES string of the molecule is C#C[Si](C)(C)C.C#Cc1cc(C(=O)OC)cc(OC)c1N.COC(=O)c1cc(C#C[Si](C)(C)C)c(N)c(OC)c1.COC(=O)c1cc(I)c(N)c(OC)c1.COC(=O)c1cc(I)c(N)c(OC)c1.COC(=O)c1cc(O)c(N)c(I)c1.COC(=O)c1cc2c(c(OC(F)F)c1)CC=C2.O=C([O-])C(F)(F)Cl.[Na+]. The summed E-state index contributed by atoms with van der Waals surface area (Å²) >= 11 is 9.88. The number of fused-ring (bicyclic) bond motifs is 1. The third-order valence-corrected chi connectivity index (χ3v) is 17.0. The smallest absolute Gasteiger partial charge is 0.543 e. The van der Waals surface area contributed by atoms with E-state index in [1.54, 1.807) is 54.6 Å². The maximum atomic E-state index is 12.2. The Morgan fingerprint density at radius 3 is 1.09 bits per heavy atom. The van der Waals surface area contributed by atoms with Crippen LogP contribution in [0.4, 0.5) is 46.0 Å². The van der Waals surface area contributed by atoms with E-state index in [1.807, 2.05) is 73.8 Å². The number of allylic oxidation sites excluding steroid dienone is 1. The molecule has 11 N–H and O–H groups in total. The Bertz CT molecular complexity index is 4180. The molecule has 1 aliphatic carbocycles. The average Bonchev–Trinajstić information content (AvgIpc) is 1.44. The van der Waals surface area contributed by atoms with E-state index >= 15 is 0 Å². The number of methoxy groups -OCH3 is 10. The fraction of sp³-hybridized carbons (Fsp3) is 0.271. The molecule has 0 bridgehead atoms. The van der Waals surface area contributed by atoms with Crippen molar-refractivity contribution in [3.05, 3.63) is 145 Å². The molecule has 0 unspecified atom stereocenters. The van der Waals surface area contributed by atoms with Crippen LogP contribution in [0.3, 0.4) is 0 Å². The number of hydrogen-bond donors (Lipinski definition) is 6. The van der Waals surface area contributed by atoms with Gasteiger partial charge in [0.05, 0.1) is 144 Å². The van der Waals surface area contributed by atoms with Crippen molar-refractivity contribution in [1.29, 1.82) is 0 Å². The van der Waals surface area contributed by atoms with Crippen molar-refractivity contribution in [3.8, 4) is 70.3 Å². The normalized spacial score (nSPS) is 10.3. The first kappa shape index (κ1) is 99.5. The topological polar surface area (TPSA) is 394 Å². The van der Waals surface area contributed by atoms with Crippen LogP contribution < -0.4 is 87.0 Å². The first-order valence-electron chi connectivity index (χ1n) is 29.3. The van der Waals surface area contributed by atoms with Gasteiger partial charge in [0.1, 0.15) is 56.6 Å². The fourth-order valence-electron chi connectivity index (χ4n) is 7.15. The van der Waals surface area contributed by atoms with Crippen molar-refractivity contribution in [2.45, 2.75) is 57.7 Å². The van der Waals surface area contributed by atoms with Crippen LogP contribution in [0, 0.1) is 46.5 Å². The van der Waals surface area contributed by atoms with Gasteiger partial charge >= 0.3 is 77.4 Å². The zero-order chi connectivity index (χ0) is 81.2. The molecule has 36 heteroatoms. The summed E-state index contributed by atoms with van der Waals surface area (Å²) in [4.78, 5) is 76.7. The Labute approximate surface area is 681 Å². The average molecular weight is 1880 g/mol. The molecule has 0 saturated carbocycles. The second-order valence-electron chi connectivity index (χ2n) is 22.1. The first-order valence-corrected chi connectivity index (χ1v) is 39.9. The number of anilines is 5. The Balaban J connectivity index is 0. The maximum Gasteiger partial charge on any atom is 1.00 e. The predicted octanol–water partition coefficient (Wildman–Crippen LogP) is 8.75. The molecule has 0 spiro atoms. The van der Waals surface area contributed by atoms with Crippen LogP contribution in [-0.2, 0) is 39.6 Å². The van der Waals surface area contributed by atoms with Gasteiger partial charge in [-0.1, -0.05) is 63.3 Å². The number of ether oxygens (including phenoxy) is 11. The zero-order valence-corrected chi connectivity index (χ0v) is 71.9. The van der Waals surface area contributed by atoms with Crippen LogP contribution in [0.2, 0.25) is 39.3 Å². The molecule has 0 amide bonds. The maximum absolute atomic E-state index is 12.2. The molecule has 0 atom stereocenters. The van der Waals surface area contributed by atoms with Crippen LogP contribution in [0.5, 0.6) is 34.5 Å². The summed E-state index contributed by atoms with van der Waals surface area (Å²) in [7, 11) is 11.1. The molecule has 0 fully saturated rings. The van der Waals surface area contributed by atoms with Gasteiger partial charge in [0.25, 0.3) is 0 Å². The van der Waals surface area contributed by atoms with E-state index in [2.05, 4.69) is 102 Å². The molecule has 0 radical (unpaired) electrons. The van der Waals surface area contributed by atoms with E-state index in [-0.39, 0.29) is 52.3 Å². The van der Waals surface area contributed by atoms with Gasteiger partial charge in [-0.2, -0.15) is 17.6 Å². The molecular weight excluding hydrogens is 1800 g/mol. The molecule has 7 rings (SSSR count). The third kappa shape index (κ3) is 33.9. The van der Waals surface area contributed by atoms with Crippen LogP contribution >= 0.6 is 79.4 Å². The molecule has 0 heterocycles. The van der Waals surface area contributed by atoms with E-state index in [0.29, 0.717) is 106 Å². The molecule has 6 aromatic carbocycles. The van der Waals surface area contributed by atoms with Gasteiger partial charge in [0.15, 0.2) is 0 Å². The van der Waals surface area contributed by atoms with Crippen LogP contribution in [-0.4, -0.2) is 146 Å². The number of nitrogen functional groups attached to an aromatic ring is 5. The molecular formula is C70H78ClF4I3N5NaO20Si2. The Hall–Kier alpha value is -8.54. The number of carboxylic acid groups (broad SMARTS) is 1. The molecule has 6 aromatic rings. The molecule has 0 aliphatic heterocycles. The van der Waals surface area contributed by atoms with Crippen LogP contribution in [0.15, 0.2) is 78.9 Å². The van der Waals surface area contributed by atoms with Gasteiger partial charge in [-0.15, -0.1) is 23.9 Å². The van der Waals surface area contributed by atoms with Crippen LogP contribution in [0.25, 0.3) is 6.08 Å². The summed E-state index contributed by atoms with van der Waals surface area (Å²) in [6.07, 6.45) is 14.5. The number of carbonyl (C=O) groups is 7. The number of aliphatic carboxylic acids is 1. The van der Waals surface area contributed by atoms with Crippen molar-refractivity contribution >= 4 is 172 Å². The van der Waals surface area contributed by atoms with Crippen molar-refractivity contribution in [2.24, 2.45) is 0 Å². The van der Waals surface area contributed by atoms with Crippen molar-refractivity contribution in [2.75, 3.05) is 99.8 Å². The van der Waals surface area contributed by atoms with E-state index in [1.165, 1.54) is 95.4 Å².